The first-order valence-corrected chi connectivity index (χ1v) is 3.40. The minimum Gasteiger partial charge on any atom is -0.253 e. The van der Waals surface area contributed by atoms with Crippen molar-refractivity contribution in [1.82, 2.24) is 4.98 Å². The van der Waals surface area contributed by atoms with Gasteiger partial charge in [-0.25, -0.2) is 4.79 Å². The van der Waals surface area contributed by atoms with E-state index in [0.29, 0.717) is 11.3 Å². The fraction of sp³-hybridized carbons (Fsp3) is 0.222. The van der Waals surface area contributed by atoms with Gasteiger partial charge in [-0.1, -0.05) is 6.07 Å². The molecule has 0 aliphatic carbocycles. The molecule has 0 atom stereocenters. The Balaban J connectivity index is 3.15. The van der Waals surface area contributed by atoms with Crippen LogP contribution in [0.1, 0.15) is 18.3 Å². The summed E-state index contributed by atoms with van der Waals surface area (Å²) >= 11 is 0. The average molecular weight is 147 g/mol. The minimum absolute atomic E-state index is 0.550. The Morgan fingerprint density at radius 3 is 2.82 bits per heavy atom. The van der Waals surface area contributed by atoms with Crippen LogP contribution in [0.3, 0.4) is 0 Å². The highest BCUT2D eigenvalue weighted by Gasteiger charge is 1.96. The van der Waals surface area contributed by atoms with Crippen LogP contribution in [0.2, 0.25) is 0 Å². The van der Waals surface area contributed by atoms with E-state index in [-0.39, 0.29) is 0 Å². The summed E-state index contributed by atoms with van der Waals surface area (Å²) in [5.41, 5.74) is 2.17. The fourth-order valence-electron chi connectivity index (χ4n) is 0.804. The van der Waals surface area contributed by atoms with E-state index < -0.39 is 0 Å². The molecule has 1 rings (SSSR count). The van der Waals surface area contributed by atoms with Gasteiger partial charge in [-0.3, -0.25) is 4.98 Å². The highest BCUT2D eigenvalue weighted by atomic mass is 16.1. The van der Waals surface area contributed by atoms with Gasteiger partial charge in [0.1, 0.15) is 5.94 Å². The zero-order valence-corrected chi connectivity index (χ0v) is 6.59. The lowest BCUT2D eigenvalue weighted by molar-refractivity contribution is 0.569. The number of nitrogens with zero attached hydrogens (tertiary/aromatic N) is 1. The molecule has 0 aromatic carbocycles. The van der Waals surface area contributed by atoms with Crippen LogP contribution in [-0.4, -0.2) is 10.9 Å². The van der Waals surface area contributed by atoms with Gasteiger partial charge in [-0.05, 0) is 26.0 Å². The van der Waals surface area contributed by atoms with Gasteiger partial charge in [-0.2, -0.15) is 0 Å². The van der Waals surface area contributed by atoms with E-state index >= 15 is 0 Å². The summed E-state index contributed by atoms with van der Waals surface area (Å²) in [5, 5.41) is 0. The van der Waals surface area contributed by atoms with Crippen molar-refractivity contribution < 1.29 is 4.79 Å². The molecule has 0 N–H and O–H groups in total. The second-order valence-corrected chi connectivity index (χ2v) is 2.39. The number of allylic oxidation sites excluding steroid dienone is 1. The van der Waals surface area contributed by atoms with Gasteiger partial charge in [0.15, 0.2) is 0 Å². The summed E-state index contributed by atoms with van der Waals surface area (Å²) in [6.07, 6.45) is 0. The number of rotatable bonds is 1. The van der Waals surface area contributed by atoms with Crippen LogP contribution in [0.5, 0.6) is 0 Å². The van der Waals surface area contributed by atoms with Gasteiger partial charge in [0.2, 0.25) is 0 Å². The van der Waals surface area contributed by atoms with E-state index in [1.165, 1.54) is 0 Å². The Hall–Kier alpha value is -1.40. The molecule has 1 aromatic heterocycles. The van der Waals surface area contributed by atoms with E-state index in [9.17, 15) is 4.79 Å². The second-order valence-electron chi connectivity index (χ2n) is 2.39. The molecule has 56 valence electrons. The molecule has 0 fully saturated rings. The molecule has 0 aliphatic heterocycles. The van der Waals surface area contributed by atoms with Crippen molar-refractivity contribution in [3.05, 3.63) is 29.6 Å². The van der Waals surface area contributed by atoms with E-state index in [2.05, 4.69) is 4.98 Å². The van der Waals surface area contributed by atoms with E-state index in [0.717, 1.165) is 5.69 Å². The molecule has 0 spiro atoms. The van der Waals surface area contributed by atoms with Gasteiger partial charge < -0.3 is 0 Å². The van der Waals surface area contributed by atoms with Gasteiger partial charge in [0.25, 0.3) is 0 Å². The van der Waals surface area contributed by atoms with Gasteiger partial charge in [-0.15, -0.1) is 0 Å². The number of hydrogen-bond acceptors (Lipinski definition) is 2. The Morgan fingerprint density at radius 2 is 2.27 bits per heavy atom. The van der Waals surface area contributed by atoms with E-state index in [4.69, 9.17) is 0 Å². The van der Waals surface area contributed by atoms with Gasteiger partial charge in [0, 0.05) is 5.69 Å². The number of aryl methyl sites for hydroxylation is 1. The smallest absolute Gasteiger partial charge is 0.129 e. The molecule has 0 amide bonds. The predicted molar refractivity (Wildman–Crippen MR) is 43.7 cm³/mol. The largest absolute Gasteiger partial charge is 0.253 e. The van der Waals surface area contributed by atoms with Crippen LogP contribution < -0.4 is 0 Å². The summed E-state index contributed by atoms with van der Waals surface area (Å²) in [6.45, 7) is 3.59. The van der Waals surface area contributed by atoms with Crippen LogP contribution in [0.15, 0.2) is 18.2 Å². The highest BCUT2D eigenvalue weighted by Crippen LogP contribution is 2.06. The first kappa shape index (κ1) is 7.70. The Labute approximate surface area is 65.6 Å². The summed E-state index contributed by atoms with van der Waals surface area (Å²) < 4.78 is 0. The normalized spacial score (nSPS) is 8.91. The molecule has 0 bridgehead atoms. The van der Waals surface area contributed by atoms with Crippen molar-refractivity contribution in [2.24, 2.45) is 0 Å². The van der Waals surface area contributed by atoms with Crippen molar-refractivity contribution in [2.45, 2.75) is 13.8 Å². The summed E-state index contributed by atoms with van der Waals surface area (Å²) in [6, 6.07) is 5.56. The molecule has 0 unspecified atom stereocenters. The maximum atomic E-state index is 10.2. The lowest BCUT2D eigenvalue weighted by atomic mass is 10.2. The molecule has 0 saturated carbocycles. The number of aromatic nitrogens is 1. The monoisotopic (exact) mass is 147 g/mol. The summed E-state index contributed by atoms with van der Waals surface area (Å²) in [7, 11) is 0. The lowest BCUT2D eigenvalue weighted by Crippen LogP contribution is -1.87. The maximum Gasteiger partial charge on any atom is 0.129 e. The third-order valence-electron chi connectivity index (χ3n) is 1.43. The molecular weight excluding hydrogens is 138 g/mol. The zero-order chi connectivity index (χ0) is 8.27. The average Bonchev–Trinajstić information content (AvgIpc) is 2.03. The number of carbonyl (C=O) groups excluding carboxylic acids is 1. The molecule has 1 aromatic rings. The molecule has 0 radical (unpaired) electrons. The highest BCUT2D eigenvalue weighted by molar-refractivity contribution is 5.84. The van der Waals surface area contributed by atoms with Crippen molar-refractivity contribution in [3.63, 3.8) is 0 Å². The molecule has 0 saturated heterocycles. The van der Waals surface area contributed by atoms with Crippen molar-refractivity contribution in [1.29, 1.82) is 0 Å². The molecule has 0 aliphatic rings. The number of hydrogen-bond donors (Lipinski definition) is 0. The topological polar surface area (TPSA) is 30.0 Å². The van der Waals surface area contributed by atoms with E-state index in [1.54, 1.807) is 13.0 Å². The SMILES string of the molecule is CC(=C=O)c1cccc(C)n1. The molecule has 2 heteroatoms. The number of pyridine rings is 1. The van der Waals surface area contributed by atoms with Crippen LogP contribution >= 0.6 is 0 Å². The van der Waals surface area contributed by atoms with Crippen molar-refractivity contribution in [2.75, 3.05) is 0 Å². The first-order chi connectivity index (χ1) is 5.24. The third kappa shape index (κ3) is 1.76. The second kappa shape index (κ2) is 3.13. The Bertz CT molecular complexity index is 311. The summed E-state index contributed by atoms with van der Waals surface area (Å²) in [4.78, 5) is 14.4. The Morgan fingerprint density at radius 1 is 1.55 bits per heavy atom. The molecule has 2 nitrogen and oxygen atoms in total. The quantitative estimate of drug-likeness (QED) is 0.565. The zero-order valence-electron chi connectivity index (χ0n) is 6.59. The van der Waals surface area contributed by atoms with Crippen LogP contribution in [0, 0.1) is 6.92 Å². The minimum atomic E-state index is 0.550. The fourth-order valence-corrected chi connectivity index (χ4v) is 0.804. The van der Waals surface area contributed by atoms with Crippen LogP contribution in [0.4, 0.5) is 0 Å². The van der Waals surface area contributed by atoms with Gasteiger partial charge >= 0.3 is 0 Å². The molecular formula is C9H9NO. The summed E-state index contributed by atoms with van der Waals surface area (Å²) in [5.74, 6) is 1.81. The molecule has 1 heterocycles. The maximum absolute atomic E-state index is 10.2. The van der Waals surface area contributed by atoms with E-state index in [1.807, 2.05) is 25.0 Å². The Kier molecular flexibility index (Phi) is 2.19. The van der Waals surface area contributed by atoms with Crippen LogP contribution in [-0.2, 0) is 4.79 Å². The van der Waals surface area contributed by atoms with Crippen molar-refractivity contribution >= 4 is 11.5 Å². The van der Waals surface area contributed by atoms with Crippen molar-refractivity contribution in [3.8, 4) is 0 Å². The van der Waals surface area contributed by atoms with Gasteiger partial charge in [0.05, 0.1) is 11.3 Å². The lowest BCUT2D eigenvalue weighted by Gasteiger charge is -1.96. The standard InChI is InChI=1S/C9H9NO/c1-7(6-11)9-5-3-4-8(2)10-9/h3-5H,1-2H3. The first-order valence-electron chi connectivity index (χ1n) is 3.40. The molecule has 11 heavy (non-hydrogen) atoms. The third-order valence-corrected chi connectivity index (χ3v) is 1.43. The van der Waals surface area contributed by atoms with Crippen LogP contribution in [0.25, 0.3) is 5.57 Å². The predicted octanol–water partition coefficient (Wildman–Crippen LogP) is 1.62.